The summed E-state index contributed by atoms with van der Waals surface area (Å²) in [6.07, 6.45) is 2.50. The van der Waals surface area contributed by atoms with Crippen molar-refractivity contribution in [3.05, 3.63) is 27.9 Å². The molecule has 0 bridgehead atoms. The number of sulfonamides is 1. The third-order valence-electron chi connectivity index (χ3n) is 2.09. The number of hydrogen-bond donors (Lipinski definition) is 2. The molecule has 0 aliphatic carbocycles. The van der Waals surface area contributed by atoms with Gasteiger partial charge in [0, 0.05) is 24.8 Å². The summed E-state index contributed by atoms with van der Waals surface area (Å²) in [5.41, 5.74) is 0.394. The largest absolute Gasteiger partial charge is 0.363 e. The molecule has 1 rings (SSSR count). The van der Waals surface area contributed by atoms with E-state index in [1.807, 2.05) is 0 Å². The lowest BCUT2D eigenvalue weighted by Gasteiger charge is -2.07. The lowest BCUT2D eigenvalue weighted by molar-refractivity contribution is -0.384. The molecule has 0 aromatic carbocycles. The van der Waals surface area contributed by atoms with Crippen molar-refractivity contribution in [3.63, 3.8) is 0 Å². The lowest BCUT2D eigenvalue weighted by atomic mass is 10.2. The van der Waals surface area contributed by atoms with Gasteiger partial charge >= 0.3 is 5.69 Å². The molecule has 0 amide bonds. The van der Waals surface area contributed by atoms with Crippen LogP contribution in [0, 0.1) is 17.0 Å². The van der Waals surface area contributed by atoms with E-state index in [0.717, 1.165) is 6.26 Å². The van der Waals surface area contributed by atoms with Gasteiger partial charge in [0.1, 0.15) is 0 Å². The molecule has 0 saturated carbocycles. The number of nitro groups is 1. The second-order valence-corrected chi connectivity index (χ2v) is 5.51. The lowest BCUT2D eigenvalue weighted by Crippen LogP contribution is -2.28. The first kappa shape index (κ1) is 14.3. The SMILES string of the molecule is Cc1ccnc(NCCNS(C)(=O)=O)c1[N+](=O)[O-]. The minimum Gasteiger partial charge on any atom is -0.363 e. The molecule has 0 radical (unpaired) electrons. The highest BCUT2D eigenvalue weighted by atomic mass is 32.2. The van der Waals surface area contributed by atoms with Gasteiger partial charge in [-0.1, -0.05) is 0 Å². The van der Waals surface area contributed by atoms with Crippen LogP contribution in [0.2, 0.25) is 0 Å². The van der Waals surface area contributed by atoms with Gasteiger partial charge in [-0.15, -0.1) is 0 Å². The van der Waals surface area contributed by atoms with Crippen molar-refractivity contribution in [1.29, 1.82) is 0 Å². The maximum absolute atomic E-state index is 10.8. The van der Waals surface area contributed by atoms with Gasteiger partial charge in [-0.3, -0.25) is 10.1 Å². The molecule has 0 aliphatic rings. The molecule has 1 aromatic rings. The number of hydrogen-bond acceptors (Lipinski definition) is 6. The number of aryl methyl sites for hydroxylation is 1. The Bertz CT molecular complexity index is 543. The Morgan fingerprint density at radius 1 is 1.44 bits per heavy atom. The first-order valence-corrected chi connectivity index (χ1v) is 6.99. The van der Waals surface area contributed by atoms with Crippen LogP contribution < -0.4 is 10.0 Å². The van der Waals surface area contributed by atoms with Gasteiger partial charge in [-0.25, -0.2) is 18.1 Å². The van der Waals surface area contributed by atoms with Crippen LogP contribution in [0.1, 0.15) is 5.56 Å². The van der Waals surface area contributed by atoms with Gasteiger partial charge in [0.25, 0.3) is 0 Å². The average molecular weight is 274 g/mol. The van der Waals surface area contributed by atoms with Gasteiger partial charge in [-0.2, -0.15) is 0 Å². The van der Waals surface area contributed by atoms with E-state index in [1.165, 1.54) is 12.3 Å². The molecule has 0 unspecified atom stereocenters. The summed E-state index contributed by atoms with van der Waals surface area (Å²) in [6.45, 7) is 1.95. The maximum Gasteiger partial charge on any atom is 0.314 e. The Morgan fingerprint density at radius 2 is 2.11 bits per heavy atom. The minimum absolute atomic E-state index is 0.100. The molecule has 100 valence electrons. The fourth-order valence-corrected chi connectivity index (χ4v) is 1.80. The number of nitrogens with zero attached hydrogens (tertiary/aromatic N) is 2. The van der Waals surface area contributed by atoms with Crippen LogP contribution >= 0.6 is 0 Å². The van der Waals surface area contributed by atoms with E-state index in [-0.39, 0.29) is 24.6 Å². The van der Waals surface area contributed by atoms with Gasteiger partial charge in [0.2, 0.25) is 15.8 Å². The molecule has 0 spiro atoms. The fraction of sp³-hybridized carbons (Fsp3) is 0.444. The van der Waals surface area contributed by atoms with Crippen LogP contribution in [0.4, 0.5) is 11.5 Å². The summed E-state index contributed by atoms with van der Waals surface area (Å²) in [4.78, 5) is 14.2. The summed E-state index contributed by atoms with van der Waals surface area (Å²) in [6, 6.07) is 1.54. The normalized spacial score (nSPS) is 11.2. The third-order valence-corrected chi connectivity index (χ3v) is 2.82. The molecule has 1 aromatic heterocycles. The molecule has 8 nitrogen and oxygen atoms in total. The first-order valence-electron chi connectivity index (χ1n) is 5.10. The van der Waals surface area contributed by atoms with Crippen LogP contribution in [0.25, 0.3) is 0 Å². The van der Waals surface area contributed by atoms with Crippen LogP contribution in [0.3, 0.4) is 0 Å². The molecule has 1 heterocycles. The molecule has 0 saturated heterocycles. The van der Waals surface area contributed by atoms with E-state index in [9.17, 15) is 18.5 Å². The van der Waals surface area contributed by atoms with E-state index in [1.54, 1.807) is 6.92 Å². The summed E-state index contributed by atoms with van der Waals surface area (Å²) in [5.74, 6) is 0.135. The Balaban J connectivity index is 2.68. The standard InChI is InChI=1S/C9H14N4O4S/c1-7-3-4-10-9(8(7)13(14)15)11-5-6-12-18(2,16)17/h3-4,12H,5-6H2,1-2H3,(H,10,11). The van der Waals surface area contributed by atoms with Gasteiger partial charge < -0.3 is 5.32 Å². The molecule has 18 heavy (non-hydrogen) atoms. The molecule has 0 aliphatic heterocycles. The van der Waals surface area contributed by atoms with E-state index in [4.69, 9.17) is 0 Å². The Kier molecular flexibility index (Phi) is 4.56. The van der Waals surface area contributed by atoms with Gasteiger partial charge in [-0.05, 0) is 13.0 Å². The van der Waals surface area contributed by atoms with Crippen molar-refractivity contribution in [2.45, 2.75) is 6.92 Å². The first-order chi connectivity index (χ1) is 8.31. The summed E-state index contributed by atoms with van der Waals surface area (Å²) in [7, 11) is -3.26. The van der Waals surface area contributed by atoms with Gasteiger partial charge in [0.05, 0.1) is 11.2 Å². The topological polar surface area (TPSA) is 114 Å². The summed E-state index contributed by atoms with van der Waals surface area (Å²) in [5, 5.41) is 13.6. The molecule has 0 fully saturated rings. The third kappa shape index (κ3) is 4.26. The molecular formula is C9H14N4O4S. The molecule has 2 N–H and O–H groups in total. The van der Waals surface area contributed by atoms with Crippen molar-refractivity contribution < 1.29 is 13.3 Å². The number of nitrogens with one attached hydrogen (secondary N) is 2. The smallest absolute Gasteiger partial charge is 0.314 e. The van der Waals surface area contributed by atoms with Crippen LogP contribution in [-0.4, -0.2) is 37.7 Å². The van der Waals surface area contributed by atoms with Crippen molar-refractivity contribution in [2.75, 3.05) is 24.7 Å². The predicted octanol–water partition coefficient (Wildman–Crippen LogP) is 0.259. The molecule has 9 heteroatoms. The summed E-state index contributed by atoms with van der Waals surface area (Å²) >= 11 is 0. The van der Waals surface area contributed by atoms with Crippen molar-refractivity contribution >= 4 is 21.5 Å². The van der Waals surface area contributed by atoms with Crippen LogP contribution in [0.5, 0.6) is 0 Å². The Morgan fingerprint density at radius 3 is 2.67 bits per heavy atom. The van der Waals surface area contributed by atoms with E-state index in [0.29, 0.717) is 5.56 Å². The number of pyridine rings is 1. The highest BCUT2D eigenvalue weighted by Gasteiger charge is 2.17. The molecular weight excluding hydrogens is 260 g/mol. The van der Waals surface area contributed by atoms with E-state index >= 15 is 0 Å². The second kappa shape index (κ2) is 5.74. The molecule has 0 atom stereocenters. The zero-order valence-corrected chi connectivity index (χ0v) is 10.8. The van der Waals surface area contributed by atoms with Crippen LogP contribution in [-0.2, 0) is 10.0 Å². The summed E-state index contributed by atoms with van der Waals surface area (Å²) < 4.78 is 23.9. The van der Waals surface area contributed by atoms with Crippen molar-refractivity contribution in [3.8, 4) is 0 Å². The zero-order valence-electron chi connectivity index (χ0n) is 10.0. The van der Waals surface area contributed by atoms with E-state index in [2.05, 4.69) is 15.0 Å². The van der Waals surface area contributed by atoms with E-state index < -0.39 is 14.9 Å². The fourth-order valence-electron chi connectivity index (χ4n) is 1.33. The Labute approximate surface area is 105 Å². The number of anilines is 1. The predicted molar refractivity (Wildman–Crippen MR) is 67.0 cm³/mol. The minimum atomic E-state index is -3.26. The van der Waals surface area contributed by atoms with Crippen molar-refractivity contribution in [2.24, 2.45) is 0 Å². The van der Waals surface area contributed by atoms with Crippen molar-refractivity contribution in [1.82, 2.24) is 9.71 Å². The highest BCUT2D eigenvalue weighted by molar-refractivity contribution is 7.88. The quantitative estimate of drug-likeness (QED) is 0.437. The number of rotatable bonds is 6. The van der Waals surface area contributed by atoms with Gasteiger partial charge in [0.15, 0.2) is 0 Å². The maximum atomic E-state index is 10.8. The van der Waals surface area contributed by atoms with Crippen LogP contribution in [0.15, 0.2) is 12.3 Å². The second-order valence-electron chi connectivity index (χ2n) is 3.68. The zero-order chi connectivity index (χ0) is 13.8. The Hall–Kier alpha value is -1.74. The monoisotopic (exact) mass is 274 g/mol. The highest BCUT2D eigenvalue weighted by Crippen LogP contribution is 2.24. The average Bonchev–Trinajstić information content (AvgIpc) is 2.22. The number of aromatic nitrogens is 1.